The summed E-state index contributed by atoms with van der Waals surface area (Å²) in [5, 5.41) is 2.45. The maximum Gasteiger partial charge on any atom is 0.396 e. The maximum atomic E-state index is 13.1. The zero-order valence-electron chi connectivity index (χ0n) is 18.2. The van der Waals surface area contributed by atoms with Gasteiger partial charge in [0, 0.05) is 23.0 Å². The minimum Gasteiger partial charge on any atom is -0.493 e. The van der Waals surface area contributed by atoms with Gasteiger partial charge in [-0.25, -0.2) is 4.79 Å². The van der Waals surface area contributed by atoms with Gasteiger partial charge in [0.15, 0.2) is 11.5 Å². The predicted octanol–water partition coefficient (Wildman–Crippen LogP) is 3.68. The van der Waals surface area contributed by atoms with Crippen LogP contribution in [0.1, 0.15) is 48.0 Å². The molecule has 4 rings (SSSR count). The molecule has 1 saturated carbocycles. The molecule has 0 unspecified atom stereocenters. The van der Waals surface area contributed by atoms with Crippen molar-refractivity contribution in [2.45, 2.75) is 44.8 Å². The Bertz CT molecular complexity index is 1040. The number of methoxy groups -OCH3 is 2. The Morgan fingerprint density at radius 1 is 1.00 bits per heavy atom. The van der Waals surface area contributed by atoms with Crippen molar-refractivity contribution in [2.24, 2.45) is 0 Å². The molecule has 1 fully saturated rings. The van der Waals surface area contributed by atoms with Crippen LogP contribution >= 0.6 is 0 Å². The molecule has 0 spiro atoms. The highest BCUT2D eigenvalue weighted by molar-refractivity contribution is 6.37. The van der Waals surface area contributed by atoms with Crippen molar-refractivity contribution in [3.63, 3.8) is 0 Å². The monoisotopic (exact) mass is 438 g/mol. The molecule has 8 heteroatoms. The van der Waals surface area contributed by atoms with Crippen molar-refractivity contribution in [1.82, 2.24) is 0 Å². The van der Waals surface area contributed by atoms with Crippen molar-refractivity contribution < 1.29 is 28.6 Å². The average molecular weight is 438 g/mol. The Hall–Kier alpha value is -3.55. The molecule has 168 valence electrons. The normalized spacial score (nSPS) is 15.8. The molecule has 1 aliphatic carbocycles. The summed E-state index contributed by atoms with van der Waals surface area (Å²) < 4.78 is 16.1. The highest BCUT2D eigenvalue weighted by Gasteiger charge is 2.30. The molecule has 1 heterocycles. The fraction of sp³-hybridized carbons (Fsp3) is 0.375. The van der Waals surface area contributed by atoms with Crippen molar-refractivity contribution in [3.8, 4) is 11.5 Å². The third-order valence-electron chi connectivity index (χ3n) is 5.85. The molecular formula is C24H26N2O6. The molecule has 8 nitrogen and oxygen atoms in total. The molecule has 1 N–H and O–H groups in total. The summed E-state index contributed by atoms with van der Waals surface area (Å²) in [5.41, 5.74) is 2.36. The number of hydrogen-bond acceptors (Lipinski definition) is 6. The van der Waals surface area contributed by atoms with E-state index < -0.39 is 11.9 Å². The van der Waals surface area contributed by atoms with E-state index >= 15 is 0 Å². The molecule has 0 radical (unpaired) electrons. The lowest BCUT2D eigenvalue weighted by molar-refractivity contribution is -0.150. The van der Waals surface area contributed by atoms with Gasteiger partial charge in [-0.05, 0) is 55.5 Å². The SMILES string of the molecule is COC(=O)C(=O)Nc1ccc2c(c1)C(=O)N(c1ccc(OC)c(OC3CCCCC3)c1)C2. The summed E-state index contributed by atoms with van der Waals surface area (Å²) >= 11 is 0. The third kappa shape index (κ3) is 4.39. The smallest absolute Gasteiger partial charge is 0.396 e. The number of hydrogen-bond donors (Lipinski definition) is 1. The van der Waals surface area contributed by atoms with Crippen LogP contribution in [-0.2, 0) is 20.9 Å². The summed E-state index contributed by atoms with van der Waals surface area (Å²) in [6.45, 7) is 0.397. The van der Waals surface area contributed by atoms with Gasteiger partial charge in [-0.15, -0.1) is 0 Å². The number of carbonyl (C=O) groups is 3. The van der Waals surface area contributed by atoms with Crippen LogP contribution < -0.4 is 19.7 Å². The number of amides is 2. The summed E-state index contributed by atoms with van der Waals surface area (Å²) in [6, 6.07) is 10.5. The summed E-state index contributed by atoms with van der Waals surface area (Å²) in [4.78, 5) is 37.9. The van der Waals surface area contributed by atoms with E-state index in [-0.39, 0.29) is 12.0 Å². The van der Waals surface area contributed by atoms with Gasteiger partial charge in [0.1, 0.15) is 0 Å². The van der Waals surface area contributed by atoms with Crippen LogP contribution in [0.3, 0.4) is 0 Å². The molecule has 0 aromatic heterocycles. The van der Waals surface area contributed by atoms with Crippen LogP contribution in [0.4, 0.5) is 11.4 Å². The molecule has 2 aromatic carbocycles. The van der Waals surface area contributed by atoms with Crippen LogP contribution in [0.5, 0.6) is 11.5 Å². The molecular weight excluding hydrogens is 412 g/mol. The van der Waals surface area contributed by atoms with Gasteiger partial charge < -0.3 is 24.4 Å². The maximum absolute atomic E-state index is 13.1. The number of rotatable bonds is 5. The van der Waals surface area contributed by atoms with Crippen molar-refractivity contribution >= 4 is 29.2 Å². The van der Waals surface area contributed by atoms with Crippen LogP contribution in [0.15, 0.2) is 36.4 Å². The summed E-state index contributed by atoms with van der Waals surface area (Å²) in [7, 11) is 2.73. The van der Waals surface area contributed by atoms with E-state index in [9.17, 15) is 14.4 Å². The average Bonchev–Trinajstić information content (AvgIpc) is 3.15. The molecule has 2 amide bonds. The first kappa shape index (κ1) is 21.7. The molecule has 0 atom stereocenters. The largest absolute Gasteiger partial charge is 0.493 e. The lowest BCUT2D eigenvalue weighted by Crippen LogP contribution is -2.24. The highest BCUT2D eigenvalue weighted by atomic mass is 16.5. The Kier molecular flexibility index (Phi) is 6.30. The fourth-order valence-corrected chi connectivity index (χ4v) is 4.15. The van der Waals surface area contributed by atoms with Crippen LogP contribution in [0.25, 0.3) is 0 Å². The van der Waals surface area contributed by atoms with Gasteiger partial charge in [0.25, 0.3) is 5.91 Å². The highest BCUT2D eigenvalue weighted by Crippen LogP contribution is 2.37. The van der Waals surface area contributed by atoms with Gasteiger partial charge in [-0.1, -0.05) is 12.5 Å². The third-order valence-corrected chi connectivity index (χ3v) is 5.85. The zero-order chi connectivity index (χ0) is 22.7. The van der Waals surface area contributed by atoms with Crippen molar-refractivity contribution in [3.05, 3.63) is 47.5 Å². The quantitative estimate of drug-likeness (QED) is 0.565. The number of esters is 1. The summed E-state index contributed by atoms with van der Waals surface area (Å²) in [5.74, 6) is -0.817. The van der Waals surface area contributed by atoms with E-state index in [1.54, 1.807) is 30.2 Å². The molecule has 0 saturated heterocycles. The molecule has 1 aliphatic heterocycles. The first-order chi connectivity index (χ1) is 15.5. The van der Waals surface area contributed by atoms with Crippen LogP contribution in [-0.4, -0.2) is 38.1 Å². The van der Waals surface area contributed by atoms with E-state index in [1.807, 2.05) is 18.2 Å². The Labute approximate surface area is 186 Å². The second-order valence-corrected chi connectivity index (χ2v) is 7.92. The van der Waals surface area contributed by atoms with Gasteiger partial charge in [-0.2, -0.15) is 0 Å². The van der Waals surface area contributed by atoms with E-state index in [1.165, 1.54) is 6.42 Å². The minimum atomic E-state index is -0.998. The Balaban J connectivity index is 1.54. The van der Waals surface area contributed by atoms with Gasteiger partial charge in [0.05, 0.1) is 26.9 Å². The molecule has 32 heavy (non-hydrogen) atoms. The Morgan fingerprint density at radius 2 is 1.78 bits per heavy atom. The fourth-order valence-electron chi connectivity index (χ4n) is 4.15. The van der Waals surface area contributed by atoms with Gasteiger partial charge >= 0.3 is 11.9 Å². The van der Waals surface area contributed by atoms with E-state index in [0.717, 1.165) is 38.4 Å². The number of ether oxygens (including phenoxy) is 3. The zero-order valence-corrected chi connectivity index (χ0v) is 18.2. The number of anilines is 2. The van der Waals surface area contributed by atoms with Crippen molar-refractivity contribution in [2.75, 3.05) is 24.4 Å². The first-order valence-electron chi connectivity index (χ1n) is 10.7. The van der Waals surface area contributed by atoms with E-state index in [4.69, 9.17) is 9.47 Å². The first-order valence-corrected chi connectivity index (χ1v) is 10.7. The topological polar surface area (TPSA) is 94.2 Å². The number of benzene rings is 2. The standard InChI is InChI=1S/C24H26N2O6/c1-30-20-11-10-17(13-21(20)32-18-6-4-3-5-7-18)26-14-15-8-9-16(12-19(15)23(26)28)25-22(27)24(29)31-2/h8-13,18H,3-7,14H2,1-2H3,(H,25,27). The molecule has 0 bridgehead atoms. The number of nitrogens with zero attached hydrogens (tertiary/aromatic N) is 1. The molecule has 2 aliphatic rings. The van der Waals surface area contributed by atoms with E-state index in [0.29, 0.717) is 35.0 Å². The van der Waals surface area contributed by atoms with Crippen LogP contribution in [0, 0.1) is 0 Å². The van der Waals surface area contributed by atoms with Gasteiger partial charge in [0.2, 0.25) is 0 Å². The number of nitrogens with one attached hydrogen (secondary N) is 1. The minimum absolute atomic E-state index is 0.153. The lowest BCUT2D eigenvalue weighted by Gasteiger charge is -2.25. The van der Waals surface area contributed by atoms with Crippen molar-refractivity contribution in [1.29, 1.82) is 0 Å². The predicted molar refractivity (Wildman–Crippen MR) is 118 cm³/mol. The number of fused-ring (bicyclic) bond motifs is 1. The lowest BCUT2D eigenvalue weighted by atomic mass is 9.98. The Morgan fingerprint density at radius 3 is 2.50 bits per heavy atom. The second-order valence-electron chi connectivity index (χ2n) is 7.92. The van der Waals surface area contributed by atoms with E-state index in [2.05, 4.69) is 10.1 Å². The van der Waals surface area contributed by atoms with Crippen LogP contribution in [0.2, 0.25) is 0 Å². The second kappa shape index (κ2) is 9.30. The summed E-state index contributed by atoms with van der Waals surface area (Å²) in [6.07, 6.45) is 5.73. The molecule has 2 aromatic rings. The number of carbonyl (C=O) groups excluding carboxylic acids is 3. The van der Waals surface area contributed by atoms with Gasteiger partial charge in [-0.3, -0.25) is 9.59 Å².